The number of nitrogens with zero attached hydrogens (tertiary/aromatic N) is 5. The lowest BCUT2D eigenvalue weighted by Crippen LogP contribution is -2.43. The second-order valence-electron chi connectivity index (χ2n) is 10.7. The first-order chi connectivity index (χ1) is 18.7. The van der Waals surface area contributed by atoms with Crippen molar-refractivity contribution in [2.75, 3.05) is 18.8 Å². The summed E-state index contributed by atoms with van der Waals surface area (Å²) >= 11 is 0. The Hall–Kier alpha value is -4.67. The van der Waals surface area contributed by atoms with Crippen molar-refractivity contribution in [2.24, 2.45) is 0 Å². The van der Waals surface area contributed by atoms with Crippen LogP contribution in [-0.2, 0) is 4.74 Å². The van der Waals surface area contributed by atoms with Crippen LogP contribution in [0.2, 0.25) is 0 Å². The number of ether oxygens (including phenoxy) is 1. The van der Waals surface area contributed by atoms with Gasteiger partial charge in [0, 0.05) is 24.2 Å². The maximum absolute atomic E-state index is 13.0. The summed E-state index contributed by atoms with van der Waals surface area (Å²) in [4.78, 5) is 32.0. The first kappa shape index (κ1) is 24.7. The van der Waals surface area contributed by atoms with E-state index >= 15 is 0 Å². The van der Waals surface area contributed by atoms with Crippen molar-refractivity contribution in [1.29, 1.82) is 0 Å². The molecule has 0 unspecified atom stereocenters. The number of H-pyrrole nitrogens is 1. The predicted molar refractivity (Wildman–Crippen MR) is 147 cm³/mol. The standard InChI is InChI=1S/C28H29N7O4/c1-28(2,3)39-27(37)34-14-6-7-18(15-34)35-23-21(24(29)31-32-25(23)36)22(33-35)16-10-12-17(13-11-16)26-30-19-8-4-5-9-20(19)38-26/h4-5,8-13,18H,6-7,14-15H2,1-3H3,(H2,29,31)(H,32,36)/t18-/m1/s1. The molecule has 1 aliphatic rings. The van der Waals surface area contributed by atoms with Crippen molar-refractivity contribution in [2.45, 2.75) is 45.3 Å². The van der Waals surface area contributed by atoms with Gasteiger partial charge in [0.25, 0.3) is 5.56 Å². The lowest BCUT2D eigenvalue weighted by Gasteiger charge is -2.34. The molecule has 1 amide bonds. The Kier molecular flexibility index (Phi) is 5.86. The number of aromatic amines is 1. The number of benzene rings is 2. The molecule has 0 bridgehead atoms. The molecule has 1 fully saturated rings. The number of nitrogens with one attached hydrogen (secondary N) is 1. The van der Waals surface area contributed by atoms with Gasteiger partial charge in [-0.25, -0.2) is 14.9 Å². The Morgan fingerprint density at radius 2 is 1.87 bits per heavy atom. The van der Waals surface area contributed by atoms with Gasteiger partial charge in [0.05, 0.1) is 11.4 Å². The smallest absolute Gasteiger partial charge is 0.410 e. The van der Waals surface area contributed by atoms with E-state index in [9.17, 15) is 9.59 Å². The van der Waals surface area contributed by atoms with E-state index in [2.05, 4.69) is 15.2 Å². The van der Waals surface area contributed by atoms with Crippen molar-refractivity contribution >= 4 is 33.9 Å². The highest BCUT2D eigenvalue weighted by atomic mass is 16.6. The molecule has 39 heavy (non-hydrogen) atoms. The van der Waals surface area contributed by atoms with Crippen molar-refractivity contribution in [3.05, 3.63) is 58.9 Å². The number of nitrogens with two attached hydrogens (primary N) is 1. The van der Waals surface area contributed by atoms with E-state index in [-0.39, 0.29) is 18.0 Å². The molecule has 11 nitrogen and oxygen atoms in total. The number of oxazole rings is 1. The fourth-order valence-corrected chi connectivity index (χ4v) is 4.99. The van der Waals surface area contributed by atoms with E-state index in [1.807, 2.05) is 69.3 Å². The predicted octanol–water partition coefficient (Wildman–Crippen LogP) is 4.75. The van der Waals surface area contributed by atoms with Crippen molar-refractivity contribution in [3.63, 3.8) is 0 Å². The SMILES string of the molecule is CC(C)(C)OC(=O)N1CCC[C@@H](n2nc(-c3ccc(-c4nc5ccccc5o4)cc3)c3c(N)n[nH]c(=O)c32)C1. The second-order valence-corrected chi connectivity index (χ2v) is 10.7. The number of rotatable bonds is 3. The number of hydrogen-bond acceptors (Lipinski definition) is 8. The number of carbonyl (C=O) groups is 1. The lowest BCUT2D eigenvalue weighted by atomic mass is 10.1. The maximum Gasteiger partial charge on any atom is 0.410 e. The summed E-state index contributed by atoms with van der Waals surface area (Å²) in [6.45, 7) is 6.46. The Morgan fingerprint density at radius 3 is 2.62 bits per heavy atom. The van der Waals surface area contributed by atoms with Crippen LogP contribution in [0.1, 0.15) is 39.7 Å². The number of carbonyl (C=O) groups excluding carboxylic acids is 1. The van der Waals surface area contributed by atoms with Gasteiger partial charge < -0.3 is 19.8 Å². The van der Waals surface area contributed by atoms with Crippen molar-refractivity contribution < 1.29 is 13.9 Å². The van der Waals surface area contributed by atoms with Gasteiger partial charge in [-0.15, -0.1) is 0 Å². The maximum atomic E-state index is 13.0. The molecule has 6 rings (SSSR count). The van der Waals surface area contributed by atoms with Crippen LogP contribution in [0.5, 0.6) is 0 Å². The quantitative estimate of drug-likeness (QED) is 0.342. The molecule has 3 aromatic heterocycles. The number of para-hydroxylation sites is 2. The largest absolute Gasteiger partial charge is 0.444 e. The number of fused-ring (bicyclic) bond motifs is 2. The topological polar surface area (TPSA) is 145 Å². The third-order valence-electron chi connectivity index (χ3n) is 6.75. The van der Waals surface area contributed by atoms with Gasteiger partial charge in [-0.05, 0) is 57.9 Å². The van der Waals surface area contributed by atoms with E-state index < -0.39 is 11.2 Å². The van der Waals surface area contributed by atoms with E-state index in [1.54, 1.807) is 9.58 Å². The molecule has 5 aromatic rings. The zero-order valence-corrected chi connectivity index (χ0v) is 22.0. The summed E-state index contributed by atoms with van der Waals surface area (Å²) in [5.41, 5.74) is 9.22. The molecule has 0 spiro atoms. The molecule has 0 saturated carbocycles. The summed E-state index contributed by atoms with van der Waals surface area (Å²) in [5, 5.41) is 11.8. The van der Waals surface area contributed by atoms with Crippen molar-refractivity contribution in [1.82, 2.24) is 29.9 Å². The fourth-order valence-electron chi connectivity index (χ4n) is 4.99. The molecule has 4 heterocycles. The molecule has 11 heteroatoms. The monoisotopic (exact) mass is 527 g/mol. The molecule has 200 valence electrons. The van der Waals surface area contributed by atoms with Crippen LogP contribution in [0, 0.1) is 0 Å². The molecule has 3 N–H and O–H groups in total. The van der Waals surface area contributed by atoms with Crippen LogP contribution in [-0.4, -0.2) is 54.6 Å². The van der Waals surface area contributed by atoms with Gasteiger partial charge in [0.1, 0.15) is 22.3 Å². The fraction of sp³-hybridized carbons (Fsp3) is 0.321. The Labute approximate surface area is 223 Å². The minimum atomic E-state index is -0.600. The number of nitrogen functional groups attached to an aromatic ring is 1. The van der Waals surface area contributed by atoms with E-state index in [1.165, 1.54) is 0 Å². The summed E-state index contributed by atoms with van der Waals surface area (Å²) in [6.07, 6.45) is 1.11. The van der Waals surface area contributed by atoms with E-state index in [0.717, 1.165) is 29.5 Å². The third kappa shape index (κ3) is 4.60. The summed E-state index contributed by atoms with van der Waals surface area (Å²) < 4.78 is 13.2. The minimum Gasteiger partial charge on any atom is -0.444 e. The molecule has 0 aliphatic carbocycles. The Bertz CT molecular complexity index is 1710. The van der Waals surface area contributed by atoms with Gasteiger partial charge in [0.2, 0.25) is 5.89 Å². The molecule has 1 atom stereocenters. The van der Waals surface area contributed by atoms with Crippen molar-refractivity contribution in [3.8, 4) is 22.7 Å². The highest BCUT2D eigenvalue weighted by Gasteiger charge is 2.31. The average Bonchev–Trinajstić information content (AvgIpc) is 3.53. The van der Waals surface area contributed by atoms with Gasteiger partial charge in [0.15, 0.2) is 11.4 Å². The van der Waals surface area contributed by atoms with Crippen LogP contribution in [0.3, 0.4) is 0 Å². The Balaban J connectivity index is 1.37. The molecule has 1 aliphatic heterocycles. The first-order valence-corrected chi connectivity index (χ1v) is 12.9. The summed E-state index contributed by atoms with van der Waals surface area (Å²) in [5.74, 6) is 0.689. The van der Waals surface area contributed by atoms with Gasteiger partial charge in [-0.1, -0.05) is 24.3 Å². The number of anilines is 1. The van der Waals surface area contributed by atoms with E-state index in [0.29, 0.717) is 41.2 Å². The molecule has 2 aromatic carbocycles. The van der Waals surface area contributed by atoms with Gasteiger partial charge >= 0.3 is 6.09 Å². The van der Waals surface area contributed by atoms with Crippen LogP contribution >= 0.6 is 0 Å². The van der Waals surface area contributed by atoms with E-state index in [4.69, 9.17) is 20.0 Å². The zero-order valence-electron chi connectivity index (χ0n) is 22.0. The second kappa shape index (κ2) is 9.26. The number of aromatic nitrogens is 5. The lowest BCUT2D eigenvalue weighted by molar-refractivity contribution is 0.0169. The normalized spacial score (nSPS) is 16.2. The van der Waals surface area contributed by atoms with Gasteiger partial charge in [-0.3, -0.25) is 9.48 Å². The number of likely N-dealkylation sites (tertiary alicyclic amines) is 1. The van der Waals surface area contributed by atoms with Crippen LogP contribution < -0.4 is 11.3 Å². The third-order valence-corrected chi connectivity index (χ3v) is 6.75. The minimum absolute atomic E-state index is 0.175. The molecular weight excluding hydrogens is 498 g/mol. The van der Waals surface area contributed by atoms with Crippen LogP contribution in [0.25, 0.3) is 44.7 Å². The first-order valence-electron chi connectivity index (χ1n) is 12.9. The molecule has 0 radical (unpaired) electrons. The average molecular weight is 528 g/mol. The number of hydrogen-bond donors (Lipinski definition) is 2. The summed E-state index contributed by atoms with van der Waals surface area (Å²) in [6, 6.07) is 14.9. The van der Waals surface area contributed by atoms with Crippen LogP contribution in [0.15, 0.2) is 57.7 Å². The number of piperidine rings is 1. The summed E-state index contributed by atoms with van der Waals surface area (Å²) in [7, 11) is 0. The van der Waals surface area contributed by atoms with Gasteiger partial charge in [-0.2, -0.15) is 10.2 Å². The molecular formula is C28H29N7O4. The highest BCUT2D eigenvalue weighted by molar-refractivity contribution is 5.99. The molecule has 1 saturated heterocycles. The Morgan fingerprint density at radius 1 is 1.13 bits per heavy atom. The van der Waals surface area contributed by atoms with Crippen LogP contribution in [0.4, 0.5) is 10.6 Å². The number of amides is 1. The zero-order chi connectivity index (χ0) is 27.3. The highest BCUT2D eigenvalue weighted by Crippen LogP contribution is 2.34.